The summed E-state index contributed by atoms with van der Waals surface area (Å²) in [5.74, 6) is -1.53. The molecule has 9 nitrogen and oxygen atoms in total. The van der Waals surface area contributed by atoms with Crippen LogP contribution in [0.5, 0.6) is 0 Å². The second-order valence-corrected chi connectivity index (χ2v) is 10.4. The number of imidazole rings is 1. The molecule has 0 atom stereocenters. The SMILES string of the molecule is Cc1ccc(N2C(=O)c3ccc4c(=O)n5c6ccccc6nc5c5ccc(c3c45)C2=O)c(S(=O)(=O)O)c1. The summed E-state index contributed by atoms with van der Waals surface area (Å²) >= 11 is 0. The van der Waals surface area contributed by atoms with Gasteiger partial charge in [0.2, 0.25) is 0 Å². The molecule has 0 saturated carbocycles. The molecule has 180 valence electrons. The first-order valence-electron chi connectivity index (χ1n) is 11.3. The molecule has 1 aliphatic heterocycles. The summed E-state index contributed by atoms with van der Waals surface area (Å²) in [6.45, 7) is 1.63. The number of aryl methyl sites for hydroxylation is 1. The van der Waals surface area contributed by atoms with Crippen LogP contribution in [0.25, 0.3) is 38.2 Å². The Labute approximate surface area is 208 Å². The van der Waals surface area contributed by atoms with Gasteiger partial charge in [-0.05, 0) is 61.0 Å². The molecule has 0 unspecified atom stereocenters. The molecule has 7 rings (SSSR count). The Morgan fingerprint density at radius 2 is 1.49 bits per heavy atom. The molecule has 3 heterocycles. The van der Waals surface area contributed by atoms with E-state index in [1.807, 2.05) is 12.1 Å². The zero-order valence-electron chi connectivity index (χ0n) is 19.1. The third-order valence-corrected chi connectivity index (χ3v) is 7.78. The first-order valence-corrected chi connectivity index (χ1v) is 12.7. The number of amides is 2. The summed E-state index contributed by atoms with van der Waals surface area (Å²) in [6.07, 6.45) is 0. The van der Waals surface area contributed by atoms with Crippen LogP contribution in [0.15, 0.2) is 76.4 Å². The van der Waals surface area contributed by atoms with Crippen molar-refractivity contribution in [1.82, 2.24) is 9.38 Å². The lowest BCUT2D eigenvalue weighted by Gasteiger charge is -2.29. The standard InChI is InChI=1S/C27H15N3O6S/c1-13-6-11-20(21(12-13)37(34,35)36)30-26(32)16-8-7-14-22-15(9-10-17(23(16)22)27(30)33)25(31)29-19-5-3-2-4-18(19)28-24(14)29/h2-12H,1H3,(H,34,35,36). The number of para-hydroxylation sites is 2. The van der Waals surface area contributed by atoms with Gasteiger partial charge in [-0.25, -0.2) is 9.88 Å². The Hall–Kier alpha value is -4.67. The quantitative estimate of drug-likeness (QED) is 0.277. The van der Waals surface area contributed by atoms with E-state index in [4.69, 9.17) is 0 Å². The molecule has 2 aromatic heterocycles. The highest BCUT2D eigenvalue weighted by Gasteiger charge is 2.38. The Bertz CT molecular complexity index is 2180. The van der Waals surface area contributed by atoms with Crippen LogP contribution in [0.3, 0.4) is 0 Å². The van der Waals surface area contributed by atoms with Crippen LogP contribution in [-0.2, 0) is 10.1 Å². The number of fused-ring (bicyclic) bond motifs is 4. The number of nitrogens with zero attached hydrogens (tertiary/aromatic N) is 3. The number of imide groups is 1. The Balaban J connectivity index is 1.57. The van der Waals surface area contributed by atoms with Crippen LogP contribution < -0.4 is 10.5 Å². The molecule has 2 amide bonds. The first-order chi connectivity index (χ1) is 17.7. The summed E-state index contributed by atoms with van der Waals surface area (Å²) in [6, 6.07) is 17.5. The van der Waals surface area contributed by atoms with E-state index >= 15 is 0 Å². The van der Waals surface area contributed by atoms with Gasteiger partial charge in [0.25, 0.3) is 27.5 Å². The predicted octanol–water partition coefficient (Wildman–Crippen LogP) is 3.95. The fraction of sp³-hybridized carbons (Fsp3) is 0.0370. The molecule has 6 aromatic rings. The van der Waals surface area contributed by atoms with E-state index in [2.05, 4.69) is 4.98 Å². The van der Waals surface area contributed by atoms with Crippen LogP contribution in [0.1, 0.15) is 26.3 Å². The molecule has 0 fully saturated rings. The van der Waals surface area contributed by atoms with Gasteiger partial charge in [-0.1, -0.05) is 18.2 Å². The molecule has 37 heavy (non-hydrogen) atoms. The maximum atomic E-state index is 13.7. The van der Waals surface area contributed by atoms with Crippen molar-refractivity contribution in [1.29, 1.82) is 0 Å². The van der Waals surface area contributed by atoms with Crippen molar-refractivity contribution >= 4 is 65.8 Å². The average Bonchev–Trinajstić information content (AvgIpc) is 3.26. The molecule has 0 aliphatic carbocycles. The highest BCUT2D eigenvalue weighted by atomic mass is 32.2. The summed E-state index contributed by atoms with van der Waals surface area (Å²) in [5, 5.41) is 1.69. The number of rotatable bonds is 2. The second-order valence-electron chi connectivity index (χ2n) is 9.03. The van der Waals surface area contributed by atoms with E-state index in [0.717, 1.165) is 4.90 Å². The number of pyridine rings is 1. The van der Waals surface area contributed by atoms with Gasteiger partial charge < -0.3 is 0 Å². The zero-order chi connectivity index (χ0) is 25.8. The molecule has 0 spiro atoms. The van der Waals surface area contributed by atoms with Crippen molar-refractivity contribution in [3.63, 3.8) is 0 Å². The molecule has 10 heteroatoms. The molecule has 1 N–H and O–H groups in total. The highest BCUT2D eigenvalue weighted by Crippen LogP contribution is 2.39. The molecular formula is C27H15N3O6S. The lowest BCUT2D eigenvalue weighted by Crippen LogP contribution is -2.41. The molecule has 0 bridgehead atoms. The maximum Gasteiger partial charge on any atom is 0.296 e. The number of hydrogen-bond acceptors (Lipinski definition) is 6. The number of carbonyl (C=O) groups excluding carboxylic acids is 2. The van der Waals surface area contributed by atoms with Crippen molar-refractivity contribution in [2.45, 2.75) is 11.8 Å². The van der Waals surface area contributed by atoms with E-state index in [0.29, 0.717) is 43.8 Å². The number of carbonyl (C=O) groups is 2. The summed E-state index contributed by atoms with van der Waals surface area (Å²) in [7, 11) is -4.74. The molecule has 1 aliphatic rings. The number of anilines is 1. The van der Waals surface area contributed by atoms with Gasteiger partial charge >= 0.3 is 0 Å². The van der Waals surface area contributed by atoms with Gasteiger partial charge in [-0.15, -0.1) is 0 Å². The van der Waals surface area contributed by atoms with Crippen molar-refractivity contribution in [3.05, 3.63) is 93.8 Å². The van der Waals surface area contributed by atoms with Crippen molar-refractivity contribution < 1.29 is 22.6 Å². The minimum Gasteiger partial charge on any atom is -0.282 e. The third-order valence-electron chi connectivity index (χ3n) is 6.90. The smallest absolute Gasteiger partial charge is 0.282 e. The lowest BCUT2D eigenvalue weighted by molar-refractivity contribution is 0.0893. The molecule has 0 radical (unpaired) electrons. The van der Waals surface area contributed by atoms with Gasteiger partial charge in [0.05, 0.1) is 16.7 Å². The van der Waals surface area contributed by atoms with Crippen LogP contribution >= 0.6 is 0 Å². The largest absolute Gasteiger partial charge is 0.296 e. The van der Waals surface area contributed by atoms with Crippen molar-refractivity contribution in [3.8, 4) is 0 Å². The minimum absolute atomic E-state index is 0.134. The Morgan fingerprint density at radius 1 is 0.811 bits per heavy atom. The summed E-state index contributed by atoms with van der Waals surface area (Å²) in [5.41, 5.74) is 1.92. The van der Waals surface area contributed by atoms with Crippen LogP contribution in [0.2, 0.25) is 0 Å². The fourth-order valence-corrected chi connectivity index (χ4v) is 6.07. The average molecular weight is 509 g/mol. The monoisotopic (exact) mass is 509 g/mol. The number of aromatic nitrogens is 2. The van der Waals surface area contributed by atoms with Gasteiger partial charge in [0, 0.05) is 32.7 Å². The predicted molar refractivity (Wildman–Crippen MR) is 137 cm³/mol. The normalized spacial score (nSPS) is 14.1. The van der Waals surface area contributed by atoms with E-state index in [9.17, 15) is 27.4 Å². The van der Waals surface area contributed by atoms with Crippen LogP contribution in [-0.4, -0.2) is 34.2 Å². The minimum atomic E-state index is -4.74. The summed E-state index contributed by atoms with van der Waals surface area (Å²) < 4.78 is 35.6. The zero-order valence-corrected chi connectivity index (χ0v) is 19.9. The number of benzene rings is 4. The van der Waals surface area contributed by atoms with Gasteiger partial charge in [0.15, 0.2) is 0 Å². The van der Waals surface area contributed by atoms with E-state index in [1.54, 1.807) is 37.3 Å². The molecule has 4 aromatic carbocycles. The molecule has 0 saturated heterocycles. The lowest BCUT2D eigenvalue weighted by atomic mass is 9.90. The maximum absolute atomic E-state index is 13.7. The van der Waals surface area contributed by atoms with E-state index in [-0.39, 0.29) is 22.4 Å². The Kier molecular flexibility index (Phi) is 4.07. The number of hydrogen-bond donors (Lipinski definition) is 1. The fourth-order valence-electron chi connectivity index (χ4n) is 5.31. The summed E-state index contributed by atoms with van der Waals surface area (Å²) in [4.78, 5) is 45.8. The first kappa shape index (κ1) is 21.6. The highest BCUT2D eigenvalue weighted by molar-refractivity contribution is 7.86. The Morgan fingerprint density at radius 3 is 2.19 bits per heavy atom. The third kappa shape index (κ3) is 2.73. The van der Waals surface area contributed by atoms with E-state index < -0.39 is 26.8 Å². The second kappa shape index (κ2) is 6.96. The van der Waals surface area contributed by atoms with Crippen molar-refractivity contribution in [2.75, 3.05) is 4.90 Å². The van der Waals surface area contributed by atoms with Crippen LogP contribution in [0.4, 0.5) is 5.69 Å². The van der Waals surface area contributed by atoms with Gasteiger partial charge in [-0.2, -0.15) is 8.42 Å². The van der Waals surface area contributed by atoms with Crippen LogP contribution in [0, 0.1) is 6.92 Å². The van der Waals surface area contributed by atoms with Crippen molar-refractivity contribution in [2.24, 2.45) is 0 Å². The van der Waals surface area contributed by atoms with Gasteiger partial charge in [0.1, 0.15) is 10.5 Å². The molecular weight excluding hydrogens is 494 g/mol. The van der Waals surface area contributed by atoms with E-state index in [1.165, 1.54) is 28.7 Å². The topological polar surface area (TPSA) is 126 Å². The van der Waals surface area contributed by atoms with Gasteiger partial charge in [-0.3, -0.25) is 23.3 Å².